The van der Waals surface area contributed by atoms with E-state index in [-0.39, 0.29) is 12.1 Å². The van der Waals surface area contributed by atoms with Gasteiger partial charge in [0.15, 0.2) is 0 Å². The number of carbonyl (C=O) groups is 1. The lowest BCUT2D eigenvalue weighted by Gasteiger charge is -2.31. The molecule has 28 heavy (non-hydrogen) atoms. The van der Waals surface area contributed by atoms with Crippen molar-refractivity contribution < 1.29 is 22.3 Å². The van der Waals surface area contributed by atoms with Crippen LogP contribution >= 0.6 is 0 Å². The Morgan fingerprint density at radius 1 is 1.18 bits per heavy atom. The number of para-hydroxylation sites is 2. The van der Waals surface area contributed by atoms with E-state index in [2.05, 4.69) is 5.32 Å². The maximum atomic E-state index is 14.3. The smallest absolute Gasteiger partial charge is 0.244 e. The SMILES string of the molecule is CC[C@H](C(=O)N[C@@H](C)c1ccccc1OC)N(c1ccccc1F)S(C)(=O)=O. The van der Waals surface area contributed by atoms with Crippen LogP contribution in [0.2, 0.25) is 0 Å². The van der Waals surface area contributed by atoms with E-state index in [0.717, 1.165) is 22.2 Å². The monoisotopic (exact) mass is 408 g/mol. The molecule has 1 amide bonds. The molecule has 1 N–H and O–H groups in total. The number of nitrogens with zero attached hydrogens (tertiary/aromatic N) is 1. The summed E-state index contributed by atoms with van der Waals surface area (Å²) < 4.78 is 45.3. The van der Waals surface area contributed by atoms with E-state index in [1.165, 1.54) is 25.3 Å². The third kappa shape index (κ3) is 4.81. The molecule has 8 heteroatoms. The fourth-order valence-corrected chi connectivity index (χ4v) is 4.29. The summed E-state index contributed by atoms with van der Waals surface area (Å²) in [5.41, 5.74) is 0.599. The van der Waals surface area contributed by atoms with Crippen molar-refractivity contribution in [2.24, 2.45) is 0 Å². The highest BCUT2D eigenvalue weighted by Crippen LogP contribution is 2.27. The van der Waals surface area contributed by atoms with Crippen LogP contribution in [0.25, 0.3) is 0 Å². The first-order valence-corrected chi connectivity index (χ1v) is 10.7. The number of ether oxygens (including phenoxy) is 1. The first-order valence-electron chi connectivity index (χ1n) is 8.87. The van der Waals surface area contributed by atoms with E-state index < -0.39 is 33.8 Å². The maximum Gasteiger partial charge on any atom is 0.244 e. The molecule has 2 aromatic carbocycles. The average molecular weight is 408 g/mol. The second-order valence-electron chi connectivity index (χ2n) is 6.41. The van der Waals surface area contributed by atoms with Crippen LogP contribution in [0.5, 0.6) is 5.75 Å². The largest absolute Gasteiger partial charge is 0.496 e. The van der Waals surface area contributed by atoms with Crippen LogP contribution in [-0.2, 0) is 14.8 Å². The molecule has 0 aliphatic rings. The lowest BCUT2D eigenvalue weighted by Crippen LogP contribution is -2.50. The Morgan fingerprint density at radius 2 is 1.79 bits per heavy atom. The molecule has 0 aliphatic heterocycles. The highest BCUT2D eigenvalue weighted by Gasteiger charge is 2.33. The summed E-state index contributed by atoms with van der Waals surface area (Å²) in [6.45, 7) is 3.45. The molecule has 0 heterocycles. The van der Waals surface area contributed by atoms with E-state index in [0.29, 0.717) is 5.75 Å². The molecule has 0 spiro atoms. The molecule has 0 saturated carbocycles. The number of carbonyl (C=O) groups excluding carboxylic acids is 1. The summed E-state index contributed by atoms with van der Waals surface area (Å²) in [4.78, 5) is 12.9. The van der Waals surface area contributed by atoms with Crippen molar-refractivity contribution in [3.63, 3.8) is 0 Å². The summed E-state index contributed by atoms with van der Waals surface area (Å²) in [5, 5.41) is 2.82. The van der Waals surface area contributed by atoms with Gasteiger partial charge in [-0.25, -0.2) is 12.8 Å². The number of rotatable bonds is 8. The van der Waals surface area contributed by atoms with Crippen molar-refractivity contribution in [3.8, 4) is 5.75 Å². The van der Waals surface area contributed by atoms with Crippen LogP contribution in [0.3, 0.4) is 0 Å². The van der Waals surface area contributed by atoms with Crippen molar-refractivity contribution in [1.82, 2.24) is 5.32 Å². The van der Waals surface area contributed by atoms with Gasteiger partial charge in [0.05, 0.1) is 25.1 Å². The third-order valence-corrected chi connectivity index (χ3v) is 5.55. The van der Waals surface area contributed by atoms with Crippen molar-refractivity contribution in [3.05, 3.63) is 59.9 Å². The van der Waals surface area contributed by atoms with Crippen LogP contribution < -0.4 is 14.4 Å². The van der Waals surface area contributed by atoms with E-state index in [1.54, 1.807) is 19.9 Å². The lowest BCUT2D eigenvalue weighted by molar-refractivity contribution is -0.122. The van der Waals surface area contributed by atoms with Gasteiger partial charge in [0.1, 0.15) is 17.6 Å². The molecule has 0 aromatic heterocycles. The van der Waals surface area contributed by atoms with Gasteiger partial charge in [-0.3, -0.25) is 9.10 Å². The molecule has 0 fully saturated rings. The van der Waals surface area contributed by atoms with Crippen molar-refractivity contribution in [2.75, 3.05) is 17.7 Å². The number of sulfonamides is 1. The van der Waals surface area contributed by atoms with Gasteiger partial charge >= 0.3 is 0 Å². The highest BCUT2D eigenvalue weighted by molar-refractivity contribution is 7.92. The first-order chi connectivity index (χ1) is 13.2. The number of methoxy groups -OCH3 is 1. The zero-order valence-electron chi connectivity index (χ0n) is 16.3. The number of hydrogen-bond donors (Lipinski definition) is 1. The molecule has 0 radical (unpaired) electrons. The van der Waals surface area contributed by atoms with E-state index in [4.69, 9.17) is 4.74 Å². The first kappa shape index (κ1) is 21.7. The predicted octanol–water partition coefficient (Wildman–Crippen LogP) is 3.26. The Bertz CT molecular complexity index is 933. The second-order valence-corrected chi connectivity index (χ2v) is 8.27. The minimum absolute atomic E-state index is 0.156. The summed E-state index contributed by atoms with van der Waals surface area (Å²) in [7, 11) is -2.37. The fourth-order valence-electron chi connectivity index (χ4n) is 3.08. The van der Waals surface area contributed by atoms with Gasteiger partial charge in [-0.2, -0.15) is 0 Å². The molecule has 2 aromatic rings. The topological polar surface area (TPSA) is 75.7 Å². The van der Waals surface area contributed by atoms with Crippen LogP contribution in [0, 0.1) is 5.82 Å². The quantitative estimate of drug-likeness (QED) is 0.728. The molecule has 2 rings (SSSR count). The molecule has 0 saturated heterocycles. The number of benzene rings is 2. The van der Waals surface area contributed by atoms with Gasteiger partial charge in [-0.05, 0) is 31.5 Å². The Labute approximate surface area is 165 Å². The molecular formula is C20H25FN2O4S. The Kier molecular flexibility index (Phi) is 7.01. The Morgan fingerprint density at radius 3 is 2.36 bits per heavy atom. The number of anilines is 1. The molecule has 0 unspecified atom stereocenters. The van der Waals surface area contributed by atoms with Crippen LogP contribution in [0.1, 0.15) is 31.9 Å². The Hall–Kier alpha value is -2.61. The van der Waals surface area contributed by atoms with Crippen LogP contribution in [-0.4, -0.2) is 33.7 Å². The van der Waals surface area contributed by atoms with Crippen molar-refractivity contribution >= 4 is 21.6 Å². The van der Waals surface area contributed by atoms with Gasteiger partial charge in [-0.15, -0.1) is 0 Å². The number of amides is 1. The molecule has 2 atom stereocenters. The summed E-state index contributed by atoms with van der Waals surface area (Å²) >= 11 is 0. The molecule has 0 aliphatic carbocycles. The van der Waals surface area contributed by atoms with Gasteiger partial charge < -0.3 is 10.1 Å². The van der Waals surface area contributed by atoms with Crippen molar-refractivity contribution in [1.29, 1.82) is 0 Å². The van der Waals surface area contributed by atoms with Crippen LogP contribution in [0.4, 0.5) is 10.1 Å². The predicted molar refractivity (Wildman–Crippen MR) is 107 cm³/mol. The standard InChI is InChI=1S/C20H25FN2O4S/c1-5-17(23(28(4,25)26)18-12-8-7-11-16(18)21)20(24)22-14(2)15-10-6-9-13-19(15)27-3/h6-14,17H,5H2,1-4H3,(H,22,24)/t14-,17+/m0/s1. The number of halogens is 1. The number of nitrogens with one attached hydrogen (secondary N) is 1. The average Bonchev–Trinajstić information content (AvgIpc) is 2.65. The summed E-state index contributed by atoms with van der Waals surface area (Å²) in [6.07, 6.45) is 1.13. The minimum Gasteiger partial charge on any atom is -0.496 e. The Balaban J connectivity index is 2.36. The van der Waals surface area contributed by atoms with Gasteiger partial charge in [-0.1, -0.05) is 37.3 Å². The normalized spacial score (nSPS) is 13.5. The minimum atomic E-state index is -3.90. The summed E-state index contributed by atoms with van der Waals surface area (Å²) in [6, 6.07) is 11.2. The lowest BCUT2D eigenvalue weighted by atomic mass is 10.1. The highest BCUT2D eigenvalue weighted by atomic mass is 32.2. The molecular weight excluding hydrogens is 383 g/mol. The third-order valence-electron chi connectivity index (χ3n) is 4.38. The second kappa shape index (κ2) is 9.05. The zero-order chi connectivity index (χ0) is 20.9. The van der Waals surface area contributed by atoms with Gasteiger partial charge in [0, 0.05) is 5.56 Å². The summed E-state index contributed by atoms with van der Waals surface area (Å²) in [5.74, 6) is -0.621. The molecule has 152 valence electrons. The zero-order valence-corrected chi connectivity index (χ0v) is 17.2. The van der Waals surface area contributed by atoms with Crippen molar-refractivity contribution in [2.45, 2.75) is 32.4 Å². The molecule has 6 nitrogen and oxygen atoms in total. The van der Waals surface area contributed by atoms with Gasteiger partial charge in [0.2, 0.25) is 15.9 Å². The fraction of sp³-hybridized carbons (Fsp3) is 0.350. The maximum absolute atomic E-state index is 14.3. The van der Waals surface area contributed by atoms with E-state index in [1.807, 2.05) is 18.2 Å². The number of hydrogen-bond acceptors (Lipinski definition) is 4. The molecule has 0 bridgehead atoms. The van der Waals surface area contributed by atoms with E-state index >= 15 is 0 Å². The van der Waals surface area contributed by atoms with E-state index in [9.17, 15) is 17.6 Å². The van der Waals surface area contributed by atoms with Crippen LogP contribution in [0.15, 0.2) is 48.5 Å². The van der Waals surface area contributed by atoms with Gasteiger partial charge in [0.25, 0.3) is 0 Å².